The summed E-state index contributed by atoms with van der Waals surface area (Å²) in [4.78, 5) is 20.2. The lowest BCUT2D eigenvalue weighted by Crippen LogP contribution is -2.14. The fraction of sp³-hybridized carbons (Fsp3) is 0.250. The molecule has 0 bridgehead atoms. The van der Waals surface area contributed by atoms with E-state index in [1.54, 1.807) is 18.2 Å². The Morgan fingerprint density at radius 2 is 2.11 bits per heavy atom. The Bertz CT molecular complexity index is 570. The monoisotopic (exact) mass is 298 g/mol. The summed E-state index contributed by atoms with van der Waals surface area (Å²) in [6.07, 6.45) is 0. The zero-order valence-electron chi connectivity index (χ0n) is 10.6. The third-order valence-corrected chi connectivity index (χ3v) is 3.11. The van der Waals surface area contributed by atoms with Crippen molar-refractivity contribution in [2.24, 2.45) is 0 Å². The summed E-state index contributed by atoms with van der Waals surface area (Å²) >= 11 is 1.40. The number of nitrogen functional groups attached to an aromatic ring is 1. The Morgan fingerprint density at radius 3 is 2.68 bits per heavy atom. The van der Waals surface area contributed by atoms with Crippen molar-refractivity contribution in [3.63, 3.8) is 0 Å². The summed E-state index contributed by atoms with van der Waals surface area (Å²) in [7, 11) is 0. The number of nitrogens with two attached hydrogens (primary N) is 1. The molecule has 2 rings (SSSR count). The number of rotatable bonds is 3. The van der Waals surface area contributed by atoms with E-state index in [1.165, 1.54) is 11.3 Å². The minimum atomic E-state index is -0.299. The zero-order chi connectivity index (χ0) is 13.1. The molecule has 1 amide bonds. The summed E-state index contributed by atoms with van der Waals surface area (Å²) in [6.45, 7) is 4.11. The number of hydrogen-bond donors (Lipinski definition) is 2. The molecule has 19 heavy (non-hydrogen) atoms. The van der Waals surface area contributed by atoms with Crippen LogP contribution in [0.5, 0.6) is 0 Å². The third kappa shape index (κ3) is 3.90. The molecule has 7 heteroatoms. The molecule has 0 saturated carbocycles. The number of anilines is 2. The molecule has 0 radical (unpaired) electrons. The highest BCUT2D eigenvalue weighted by Gasteiger charge is 2.11. The molecule has 3 N–H and O–H groups in total. The molecule has 0 aliphatic heterocycles. The van der Waals surface area contributed by atoms with Crippen molar-refractivity contribution in [3.8, 4) is 0 Å². The first-order valence-electron chi connectivity index (χ1n) is 5.55. The molecule has 0 unspecified atom stereocenters. The van der Waals surface area contributed by atoms with Crippen LogP contribution < -0.4 is 11.1 Å². The van der Waals surface area contributed by atoms with Crippen molar-refractivity contribution in [2.45, 2.75) is 19.8 Å². The molecule has 0 aromatic carbocycles. The average molecular weight is 299 g/mol. The van der Waals surface area contributed by atoms with Gasteiger partial charge in [0.05, 0.1) is 5.69 Å². The number of carbonyl (C=O) groups excluding carboxylic acids is 1. The number of aromatic nitrogens is 2. The largest absolute Gasteiger partial charge is 0.384 e. The molecule has 0 atom stereocenters. The van der Waals surface area contributed by atoms with Crippen LogP contribution in [0.2, 0.25) is 0 Å². The van der Waals surface area contributed by atoms with Crippen LogP contribution in [-0.2, 0) is 0 Å². The molecule has 102 valence electrons. The molecular formula is C12H15ClN4OS. The maximum atomic E-state index is 11.9. The van der Waals surface area contributed by atoms with Crippen LogP contribution in [0.15, 0.2) is 23.6 Å². The first kappa shape index (κ1) is 15.4. The van der Waals surface area contributed by atoms with Crippen LogP contribution in [0.3, 0.4) is 0 Å². The van der Waals surface area contributed by atoms with Gasteiger partial charge in [0.25, 0.3) is 5.91 Å². The SMILES string of the molecule is CC(C)c1csc(NC(=O)c2cccc(N)n2)n1.Cl. The number of thiazole rings is 1. The van der Waals surface area contributed by atoms with Gasteiger partial charge in [0.2, 0.25) is 0 Å². The lowest BCUT2D eigenvalue weighted by atomic mass is 10.2. The van der Waals surface area contributed by atoms with Gasteiger partial charge in [0.15, 0.2) is 5.13 Å². The Hall–Kier alpha value is -1.66. The number of carbonyl (C=O) groups is 1. The summed E-state index contributed by atoms with van der Waals surface area (Å²) in [5.74, 6) is 0.369. The van der Waals surface area contributed by atoms with Crippen molar-refractivity contribution in [3.05, 3.63) is 35.0 Å². The number of nitrogens with zero attached hydrogens (tertiary/aromatic N) is 2. The van der Waals surface area contributed by atoms with Crippen molar-refractivity contribution in [1.29, 1.82) is 0 Å². The molecule has 0 fully saturated rings. The highest BCUT2D eigenvalue weighted by molar-refractivity contribution is 7.14. The fourth-order valence-corrected chi connectivity index (χ4v) is 2.21. The predicted octanol–water partition coefficient (Wildman–Crippen LogP) is 2.92. The van der Waals surface area contributed by atoms with Crippen LogP contribution in [-0.4, -0.2) is 15.9 Å². The number of halogens is 1. The molecule has 0 spiro atoms. The molecule has 2 aromatic heterocycles. The van der Waals surface area contributed by atoms with Gasteiger partial charge < -0.3 is 5.73 Å². The van der Waals surface area contributed by atoms with E-state index >= 15 is 0 Å². The number of hydrogen-bond acceptors (Lipinski definition) is 5. The number of nitrogens with one attached hydrogen (secondary N) is 1. The van der Waals surface area contributed by atoms with Gasteiger partial charge in [0.1, 0.15) is 11.5 Å². The first-order valence-corrected chi connectivity index (χ1v) is 6.43. The number of amides is 1. The second kappa shape index (κ2) is 6.49. The molecule has 0 aliphatic rings. The standard InChI is InChI=1S/C12H14N4OS.ClH/c1-7(2)9-6-18-12(15-9)16-11(17)8-4-3-5-10(13)14-8;/h3-7H,1-2H3,(H2,13,14)(H,15,16,17);1H. The van der Waals surface area contributed by atoms with Gasteiger partial charge in [-0.3, -0.25) is 10.1 Å². The van der Waals surface area contributed by atoms with Crippen molar-refractivity contribution >= 4 is 40.6 Å². The smallest absolute Gasteiger partial charge is 0.276 e. The van der Waals surface area contributed by atoms with Crippen molar-refractivity contribution in [2.75, 3.05) is 11.1 Å². The van der Waals surface area contributed by atoms with Crippen LogP contribution in [0.4, 0.5) is 10.9 Å². The molecular weight excluding hydrogens is 284 g/mol. The summed E-state index contributed by atoms with van der Waals surface area (Å²) in [5.41, 5.74) is 6.79. The normalized spacial score (nSPS) is 10.1. The van der Waals surface area contributed by atoms with Crippen LogP contribution >= 0.6 is 23.7 Å². The van der Waals surface area contributed by atoms with Gasteiger partial charge in [-0.1, -0.05) is 19.9 Å². The van der Waals surface area contributed by atoms with E-state index in [0.717, 1.165) is 5.69 Å². The number of pyridine rings is 1. The maximum absolute atomic E-state index is 11.9. The van der Waals surface area contributed by atoms with E-state index in [1.807, 2.05) is 5.38 Å². The van der Waals surface area contributed by atoms with Gasteiger partial charge >= 0.3 is 0 Å². The zero-order valence-corrected chi connectivity index (χ0v) is 12.2. The lowest BCUT2D eigenvalue weighted by molar-refractivity contribution is 0.102. The fourth-order valence-electron chi connectivity index (χ4n) is 1.35. The quantitative estimate of drug-likeness (QED) is 0.913. The Kier molecular flexibility index (Phi) is 5.26. The summed E-state index contributed by atoms with van der Waals surface area (Å²) in [6, 6.07) is 4.94. The Labute approximate surface area is 121 Å². The second-order valence-electron chi connectivity index (χ2n) is 4.13. The van der Waals surface area contributed by atoms with Crippen LogP contribution in [0, 0.1) is 0 Å². The van der Waals surface area contributed by atoms with Gasteiger partial charge in [-0.25, -0.2) is 9.97 Å². The topological polar surface area (TPSA) is 80.9 Å². The van der Waals surface area contributed by atoms with Crippen molar-refractivity contribution < 1.29 is 4.79 Å². The van der Waals surface area contributed by atoms with E-state index in [0.29, 0.717) is 16.9 Å². The molecule has 0 aliphatic carbocycles. The second-order valence-corrected chi connectivity index (χ2v) is 4.99. The van der Waals surface area contributed by atoms with Crippen LogP contribution in [0.1, 0.15) is 35.9 Å². The van der Waals surface area contributed by atoms with E-state index in [4.69, 9.17) is 5.73 Å². The van der Waals surface area contributed by atoms with E-state index in [-0.39, 0.29) is 24.0 Å². The van der Waals surface area contributed by atoms with Gasteiger partial charge in [-0.2, -0.15) is 0 Å². The van der Waals surface area contributed by atoms with Gasteiger partial charge in [0, 0.05) is 5.38 Å². The summed E-state index contributed by atoms with van der Waals surface area (Å²) in [5, 5.41) is 5.23. The Morgan fingerprint density at radius 1 is 1.37 bits per heavy atom. The highest BCUT2D eigenvalue weighted by Crippen LogP contribution is 2.21. The molecule has 2 heterocycles. The first-order chi connectivity index (χ1) is 8.56. The minimum absolute atomic E-state index is 0. The van der Waals surface area contributed by atoms with E-state index in [2.05, 4.69) is 29.1 Å². The molecule has 5 nitrogen and oxygen atoms in total. The summed E-state index contributed by atoms with van der Waals surface area (Å²) < 4.78 is 0. The van der Waals surface area contributed by atoms with Crippen LogP contribution in [0.25, 0.3) is 0 Å². The lowest BCUT2D eigenvalue weighted by Gasteiger charge is -2.02. The molecule has 2 aromatic rings. The highest BCUT2D eigenvalue weighted by atomic mass is 35.5. The van der Waals surface area contributed by atoms with Crippen molar-refractivity contribution in [1.82, 2.24) is 9.97 Å². The van der Waals surface area contributed by atoms with Gasteiger partial charge in [-0.15, -0.1) is 23.7 Å². The minimum Gasteiger partial charge on any atom is -0.384 e. The predicted molar refractivity (Wildman–Crippen MR) is 80.1 cm³/mol. The third-order valence-electron chi connectivity index (χ3n) is 2.34. The molecule has 0 saturated heterocycles. The van der Waals surface area contributed by atoms with E-state index in [9.17, 15) is 4.79 Å². The average Bonchev–Trinajstić information content (AvgIpc) is 2.77. The Balaban J connectivity index is 0.00000180. The van der Waals surface area contributed by atoms with E-state index < -0.39 is 0 Å². The van der Waals surface area contributed by atoms with Gasteiger partial charge in [-0.05, 0) is 18.1 Å². The maximum Gasteiger partial charge on any atom is 0.276 e.